The van der Waals surface area contributed by atoms with Gasteiger partial charge in [0.15, 0.2) is 5.82 Å². The van der Waals surface area contributed by atoms with Crippen molar-refractivity contribution in [3.8, 4) is 0 Å². The van der Waals surface area contributed by atoms with Gasteiger partial charge >= 0.3 is 0 Å². The third-order valence-corrected chi connectivity index (χ3v) is 4.45. The molecule has 0 spiro atoms. The zero-order chi connectivity index (χ0) is 14.8. The van der Waals surface area contributed by atoms with Crippen LogP contribution in [0.15, 0.2) is 4.52 Å². The summed E-state index contributed by atoms with van der Waals surface area (Å²) in [6.45, 7) is 7.47. The van der Waals surface area contributed by atoms with E-state index in [0.717, 1.165) is 25.4 Å². The molecule has 2 aliphatic rings. The molecule has 1 saturated heterocycles. The second-order valence-corrected chi connectivity index (χ2v) is 6.34. The SMILES string of the molecule is CC(=O)N(CCc1noc(C)n1)C1CCN(CC2CC2)C1. The summed E-state index contributed by atoms with van der Waals surface area (Å²) in [5.74, 6) is 2.33. The van der Waals surface area contributed by atoms with E-state index in [1.165, 1.54) is 19.4 Å². The highest BCUT2D eigenvalue weighted by Crippen LogP contribution is 2.31. The zero-order valence-electron chi connectivity index (χ0n) is 12.9. The minimum absolute atomic E-state index is 0.147. The minimum atomic E-state index is 0.147. The largest absolute Gasteiger partial charge is 0.340 e. The molecule has 3 rings (SSSR count). The Labute approximate surface area is 125 Å². The Kier molecular flexibility index (Phi) is 4.24. The predicted octanol–water partition coefficient (Wildman–Crippen LogP) is 1.25. The van der Waals surface area contributed by atoms with Crippen molar-refractivity contribution >= 4 is 5.91 Å². The molecule has 1 saturated carbocycles. The van der Waals surface area contributed by atoms with E-state index in [1.807, 2.05) is 4.90 Å². The summed E-state index contributed by atoms with van der Waals surface area (Å²) in [5.41, 5.74) is 0. The van der Waals surface area contributed by atoms with Crippen molar-refractivity contribution in [1.29, 1.82) is 0 Å². The molecule has 1 aliphatic carbocycles. The van der Waals surface area contributed by atoms with Crippen LogP contribution >= 0.6 is 0 Å². The van der Waals surface area contributed by atoms with Crippen molar-refractivity contribution in [2.24, 2.45) is 5.92 Å². The third-order valence-electron chi connectivity index (χ3n) is 4.45. The maximum Gasteiger partial charge on any atom is 0.223 e. The van der Waals surface area contributed by atoms with Gasteiger partial charge in [0, 0.05) is 52.5 Å². The average Bonchev–Trinajstić information content (AvgIpc) is 2.95. The van der Waals surface area contributed by atoms with Crippen LogP contribution in [-0.2, 0) is 11.2 Å². The fourth-order valence-corrected chi connectivity index (χ4v) is 3.16. The molecule has 1 atom stereocenters. The van der Waals surface area contributed by atoms with Crippen molar-refractivity contribution in [2.75, 3.05) is 26.2 Å². The lowest BCUT2D eigenvalue weighted by molar-refractivity contribution is -0.130. The molecule has 21 heavy (non-hydrogen) atoms. The van der Waals surface area contributed by atoms with Gasteiger partial charge in [-0.3, -0.25) is 4.79 Å². The van der Waals surface area contributed by atoms with E-state index < -0.39 is 0 Å². The number of carbonyl (C=O) groups is 1. The van der Waals surface area contributed by atoms with E-state index >= 15 is 0 Å². The van der Waals surface area contributed by atoms with Gasteiger partial charge in [-0.05, 0) is 25.2 Å². The number of hydrogen-bond acceptors (Lipinski definition) is 5. The number of likely N-dealkylation sites (tertiary alicyclic amines) is 1. The number of nitrogens with zero attached hydrogens (tertiary/aromatic N) is 4. The molecule has 0 N–H and O–H groups in total. The van der Waals surface area contributed by atoms with Crippen LogP contribution in [0.5, 0.6) is 0 Å². The van der Waals surface area contributed by atoms with E-state index in [2.05, 4.69) is 15.0 Å². The quantitative estimate of drug-likeness (QED) is 0.789. The van der Waals surface area contributed by atoms with E-state index in [9.17, 15) is 4.79 Å². The molecule has 1 aromatic rings. The van der Waals surface area contributed by atoms with Crippen molar-refractivity contribution in [2.45, 2.75) is 45.6 Å². The molecule has 1 aromatic heterocycles. The van der Waals surface area contributed by atoms with Crippen LogP contribution in [0.3, 0.4) is 0 Å². The van der Waals surface area contributed by atoms with Crippen LogP contribution in [0.25, 0.3) is 0 Å². The van der Waals surface area contributed by atoms with Gasteiger partial charge in [-0.25, -0.2) is 0 Å². The summed E-state index contributed by atoms with van der Waals surface area (Å²) >= 11 is 0. The highest BCUT2D eigenvalue weighted by molar-refractivity contribution is 5.73. The normalized spacial score (nSPS) is 22.7. The van der Waals surface area contributed by atoms with Crippen molar-refractivity contribution in [3.05, 3.63) is 11.7 Å². The molecular weight excluding hydrogens is 268 g/mol. The number of rotatable bonds is 6. The van der Waals surface area contributed by atoms with Crippen LogP contribution in [0.1, 0.15) is 37.9 Å². The summed E-state index contributed by atoms with van der Waals surface area (Å²) in [7, 11) is 0. The zero-order valence-corrected chi connectivity index (χ0v) is 12.9. The van der Waals surface area contributed by atoms with Crippen LogP contribution in [0, 0.1) is 12.8 Å². The topological polar surface area (TPSA) is 62.5 Å². The maximum absolute atomic E-state index is 11.9. The minimum Gasteiger partial charge on any atom is -0.340 e. The van der Waals surface area contributed by atoms with E-state index in [1.54, 1.807) is 13.8 Å². The lowest BCUT2D eigenvalue weighted by Crippen LogP contribution is -2.42. The molecule has 2 fully saturated rings. The Morgan fingerprint density at radius 1 is 1.43 bits per heavy atom. The molecule has 0 bridgehead atoms. The summed E-state index contributed by atoms with van der Waals surface area (Å²) in [4.78, 5) is 20.6. The first-order valence-corrected chi connectivity index (χ1v) is 7.90. The first-order chi connectivity index (χ1) is 10.1. The summed E-state index contributed by atoms with van der Waals surface area (Å²) in [6, 6.07) is 0.342. The Balaban J connectivity index is 1.52. The van der Waals surface area contributed by atoms with Gasteiger partial charge in [-0.15, -0.1) is 0 Å². The summed E-state index contributed by atoms with van der Waals surface area (Å²) < 4.78 is 4.98. The monoisotopic (exact) mass is 292 g/mol. The molecule has 116 valence electrons. The summed E-state index contributed by atoms with van der Waals surface area (Å²) in [5, 5.41) is 3.90. The Morgan fingerprint density at radius 2 is 2.24 bits per heavy atom. The predicted molar refractivity (Wildman–Crippen MR) is 77.7 cm³/mol. The van der Waals surface area contributed by atoms with Crippen molar-refractivity contribution < 1.29 is 9.32 Å². The highest BCUT2D eigenvalue weighted by atomic mass is 16.5. The van der Waals surface area contributed by atoms with Gasteiger partial charge < -0.3 is 14.3 Å². The lowest BCUT2D eigenvalue weighted by atomic mass is 10.2. The summed E-state index contributed by atoms with van der Waals surface area (Å²) in [6.07, 6.45) is 4.51. The molecule has 6 nitrogen and oxygen atoms in total. The second-order valence-electron chi connectivity index (χ2n) is 6.34. The fourth-order valence-electron chi connectivity index (χ4n) is 3.16. The van der Waals surface area contributed by atoms with Crippen LogP contribution in [0.2, 0.25) is 0 Å². The highest BCUT2D eigenvalue weighted by Gasteiger charge is 2.32. The Hall–Kier alpha value is -1.43. The van der Waals surface area contributed by atoms with E-state index in [4.69, 9.17) is 4.52 Å². The third kappa shape index (κ3) is 3.81. The van der Waals surface area contributed by atoms with E-state index in [0.29, 0.717) is 30.7 Å². The van der Waals surface area contributed by atoms with Gasteiger partial charge in [0.25, 0.3) is 0 Å². The van der Waals surface area contributed by atoms with Gasteiger partial charge in [0.1, 0.15) is 0 Å². The molecule has 6 heteroatoms. The molecule has 1 unspecified atom stereocenters. The molecule has 0 aromatic carbocycles. The van der Waals surface area contributed by atoms with Crippen molar-refractivity contribution in [1.82, 2.24) is 19.9 Å². The Morgan fingerprint density at radius 3 is 2.86 bits per heavy atom. The smallest absolute Gasteiger partial charge is 0.223 e. The molecule has 2 heterocycles. The van der Waals surface area contributed by atoms with Gasteiger partial charge in [-0.2, -0.15) is 4.98 Å². The molecule has 0 radical (unpaired) electrons. The molecule has 1 aliphatic heterocycles. The van der Waals surface area contributed by atoms with Crippen LogP contribution in [0.4, 0.5) is 0 Å². The Bertz CT molecular complexity index is 498. The molecule has 1 amide bonds. The number of amides is 1. The standard InChI is InChI=1S/C15H24N4O2/c1-11-16-15(17-21-11)6-8-19(12(2)20)14-5-7-18(10-14)9-13-3-4-13/h13-14H,3-10H2,1-2H3. The first-order valence-electron chi connectivity index (χ1n) is 7.90. The van der Waals surface area contributed by atoms with Gasteiger partial charge in [-0.1, -0.05) is 5.16 Å². The number of hydrogen-bond donors (Lipinski definition) is 0. The van der Waals surface area contributed by atoms with Gasteiger partial charge in [0.05, 0.1) is 0 Å². The number of aromatic nitrogens is 2. The average molecular weight is 292 g/mol. The van der Waals surface area contributed by atoms with Crippen molar-refractivity contribution in [3.63, 3.8) is 0 Å². The maximum atomic E-state index is 11.9. The first kappa shape index (κ1) is 14.5. The molecular formula is C15H24N4O2. The number of aryl methyl sites for hydroxylation is 1. The lowest BCUT2D eigenvalue weighted by Gasteiger charge is -2.27. The van der Waals surface area contributed by atoms with Crippen LogP contribution < -0.4 is 0 Å². The van der Waals surface area contributed by atoms with E-state index in [-0.39, 0.29) is 5.91 Å². The van der Waals surface area contributed by atoms with Gasteiger partial charge in [0.2, 0.25) is 11.8 Å². The number of carbonyl (C=O) groups excluding carboxylic acids is 1. The fraction of sp³-hybridized carbons (Fsp3) is 0.800. The second kappa shape index (κ2) is 6.13. The van der Waals surface area contributed by atoms with Crippen LogP contribution in [-0.4, -0.2) is 58.1 Å².